The summed E-state index contributed by atoms with van der Waals surface area (Å²) in [6, 6.07) is 8.23. The Morgan fingerprint density at radius 2 is 2.20 bits per heavy atom. The van der Waals surface area contributed by atoms with Crippen molar-refractivity contribution in [2.24, 2.45) is 0 Å². The zero-order chi connectivity index (χ0) is 10.7. The third kappa shape index (κ3) is 1.98. The van der Waals surface area contributed by atoms with E-state index in [-0.39, 0.29) is 0 Å². The third-order valence-corrected chi connectivity index (χ3v) is 2.69. The van der Waals surface area contributed by atoms with Gasteiger partial charge in [0.1, 0.15) is 0 Å². The van der Waals surface area contributed by atoms with E-state index in [0.29, 0.717) is 0 Å². The van der Waals surface area contributed by atoms with Gasteiger partial charge in [-0.1, -0.05) is 25.0 Å². The van der Waals surface area contributed by atoms with Gasteiger partial charge in [-0.2, -0.15) is 0 Å². The first kappa shape index (κ1) is 10.4. The molecule has 0 atom stereocenters. The molecular formula is C13H10IN. The third-order valence-electron chi connectivity index (χ3n) is 2.42. The van der Waals surface area contributed by atoms with E-state index in [2.05, 4.69) is 62.5 Å². The first-order valence-corrected chi connectivity index (χ1v) is 5.93. The van der Waals surface area contributed by atoms with Crippen LogP contribution in [0.2, 0.25) is 0 Å². The van der Waals surface area contributed by atoms with Crippen LogP contribution in [0, 0.1) is 9.85 Å². The summed E-state index contributed by atoms with van der Waals surface area (Å²) in [5.74, 6) is 3.10. The van der Waals surface area contributed by atoms with Crippen molar-refractivity contribution in [3.63, 3.8) is 0 Å². The van der Waals surface area contributed by atoms with Crippen molar-refractivity contribution in [3.8, 4) is 9.85 Å². The number of fused-ring (bicyclic) bond motifs is 1. The van der Waals surface area contributed by atoms with E-state index in [4.69, 9.17) is 0 Å². The lowest BCUT2D eigenvalue weighted by atomic mass is 10.0. The molecule has 0 saturated carbocycles. The van der Waals surface area contributed by atoms with Gasteiger partial charge in [-0.05, 0) is 28.0 Å². The molecule has 0 aliphatic carbocycles. The summed E-state index contributed by atoms with van der Waals surface area (Å²) in [6.45, 7) is 2.15. The highest BCUT2D eigenvalue weighted by atomic mass is 127. The Labute approximate surface area is 103 Å². The molecule has 0 N–H and O–H groups in total. The average molecular weight is 307 g/mol. The Bertz CT molecular complexity index is 549. The lowest BCUT2D eigenvalue weighted by Crippen LogP contribution is -1.89. The zero-order valence-corrected chi connectivity index (χ0v) is 10.6. The highest BCUT2D eigenvalue weighted by molar-refractivity contribution is 14.1. The van der Waals surface area contributed by atoms with Crippen LogP contribution in [0.3, 0.4) is 0 Å². The molecule has 1 heterocycles. The Morgan fingerprint density at radius 1 is 1.33 bits per heavy atom. The van der Waals surface area contributed by atoms with Crippen LogP contribution in [-0.2, 0) is 6.42 Å². The maximum atomic E-state index is 4.42. The van der Waals surface area contributed by atoms with Crippen molar-refractivity contribution in [3.05, 3.63) is 41.6 Å². The summed E-state index contributed by atoms with van der Waals surface area (Å²) >= 11 is 2.06. The SMILES string of the molecule is CCc1ccc(C#CI)c2cccnc12. The van der Waals surface area contributed by atoms with Crippen molar-refractivity contribution in [1.29, 1.82) is 0 Å². The molecule has 1 aromatic carbocycles. The molecule has 0 aliphatic rings. The minimum absolute atomic E-state index is 1.01. The number of hydrogen-bond donors (Lipinski definition) is 0. The van der Waals surface area contributed by atoms with Gasteiger partial charge in [0.2, 0.25) is 0 Å². The van der Waals surface area contributed by atoms with Crippen molar-refractivity contribution < 1.29 is 0 Å². The smallest absolute Gasteiger partial charge is 0.0746 e. The second kappa shape index (κ2) is 4.63. The van der Waals surface area contributed by atoms with E-state index in [9.17, 15) is 0 Å². The number of pyridine rings is 1. The fourth-order valence-corrected chi connectivity index (χ4v) is 1.97. The zero-order valence-electron chi connectivity index (χ0n) is 8.42. The van der Waals surface area contributed by atoms with E-state index in [0.717, 1.165) is 22.9 Å². The van der Waals surface area contributed by atoms with Crippen LogP contribution in [-0.4, -0.2) is 4.98 Å². The van der Waals surface area contributed by atoms with Gasteiger partial charge in [0.05, 0.1) is 5.52 Å². The van der Waals surface area contributed by atoms with Crippen molar-refractivity contribution in [1.82, 2.24) is 4.98 Å². The minimum Gasteiger partial charge on any atom is -0.256 e. The summed E-state index contributed by atoms with van der Waals surface area (Å²) in [4.78, 5) is 4.42. The lowest BCUT2D eigenvalue weighted by molar-refractivity contribution is 1.14. The Hall–Kier alpha value is -1.08. The van der Waals surface area contributed by atoms with Crippen molar-refractivity contribution in [2.45, 2.75) is 13.3 Å². The number of aryl methyl sites for hydroxylation is 1. The number of benzene rings is 1. The van der Waals surface area contributed by atoms with Crippen LogP contribution in [0.25, 0.3) is 10.9 Å². The van der Waals surface area contributed by atoms with Gasteiger partial charge in [-0.15, -0.1) is 0 Å². The predicted octanol–water partition coefficient (Wildman–Crippen LogP) is 3.54. The van der Waals surface area contributed by atoms with E-state index >= 15 is 0 Å². The molecular weight excluding hydrogens is 297 g/mol. The first-order chi connectivity index (χ1) is 7.36. The van der Waals surface area contributed by atoms with Crippen LogP contribution in [0.5, 0.6) is 0 Å². The average Bonchev–Trinajstić information content (AvgIpc) is 2.30. The van der Waals surface area contributed by atoms with Crippen LogP contribution in [0.15, 0.2) is 30.5 Å². The van der Waals surface area contributed by atoms with Gasteiger partial charge in [-0.25, -0.2) is 0 Å². The molecule has 15 heavy (non-hydrogen) atoms. The topological polar surface area (TPSA) is 12.9 Å². The molecule has 0 saturated heterocycles. The Balaban J connectivity index is 2.81. The molecule has 2 rings (SSSR count). The quantitative estimate of drug-likeness (QED) is 0.580. The fourth-order valence-electron chi connectivity index (χ4n) is 1.68. The Kier molecular flexibility index (Phi) is 3.22. The van der Waals surface area contributed by atoms with Gasteiger partial charge in [0.25, 0.3) is 0 Å². The molecule has 0 radical (unpaired) electrons. The second-order valence-corrected chi connectivity index (χ2v) is 3.78. The number of hydrogen-bond acceptors (Lipinski definition) is 1. The van der Waals surface area contributed by atoms with Crippen molar-refractivity contribution in [2.75, 3.05) is 0 Å². The van der Waals surface area contributed by atoms with Gasteiger partial charge in [0, 0.05) is 39.7 Å². The maximum Gasteiger partial charge on any atom is 0.0746 e. The van der Waals surface area contributed by atoms with Gasteiger partial charge in [0.15, 0.2) is 0 Å². The highest BCUT2D eigenvalue weighted by Gasteiger charge is 2.03. The standard InChI is InChI=1S/C13H10IN/c1-2-10-5-6-11(7-8-14)12-4-3-9-15-13(10)12/h3-6,9H,2H2,1H3. The molecule has 2 aromatic rings. The summed E-state index contributed by atoms with van der Waals surface area (Å²) in [5.41, 5.74) is 3.42. The van der Waals surface area contributed by atoms with E-state index < -0.39 is 0 Å². The van der Waals surface area contributed by atoms with Gasteiger partial charge in [-0.3, -0.25) is 4.98 Å². The van der Waals surface area contributed by atoms with Crippen LogP contribution in [0.4, 0.5) is 0 Å². The largest absolute Gasteiger partial charge is 0.256 e. The molecule has 0 fully saturated rings. The predicted molar refractivity (Wildman–Crippen MR) is 72.0 cm³/mol. The van der Waals surface area contributed by atoms with Crippen LogP contribution in [0.1, 0.15) is 18.1 Å². The summed E-state index contributed by atoms with van der Waals surface area (Å²) in [7, 11) is 0. The maximum absolute atomic E-state index is 4.42. The number of rotatable bonds is 1. The number of nitrogens with zero attached hydrogens (tertiary/aromatic N) is 1. The number of halogens is 1. The summed E-state index contributed by atoms with van der Waals surface area (Å²) in [5, 5.41) is 1.15. The van der Waals surface area contributed by atoms with Gasteiger partial charge < -0.3 is 0 Å². The molecule has 2 heteroatoms. The molecule has 74 valence electrons. The molecule has 0 unspecified atom stereocenters. The summed E-state index contributed by atoms with van der Waals surface area (Å²) < 4.78 is 2.91. The number of aromatic nitrogens is 1. The molecule has 1 aromatic heterocycles. The fraction of sp³-hybridized carbons (Fsp3) is 0.154. The summed E-state index contributed by atoms with van der Waals surface area (Å²) in [6.07, 6.45) is 2.84. The minimum atomic E-state index is 1.01. The molecule has 0 amide bonds. The normalized spacial score (nSPS) is 9.73. The molecule has 1 nitrogen and oxygen atoms in total. The van der Waals surface area contributed by atoms with Gasteiger partial charge >= 0.3 is 0 Å². The van der Waals surface area contributed by atoms with E-state index in [1.54, 1.807) is 0 Å². The second-order valence-electron chi connectivity index (χ2n) is 3.24. The molecule has 0 spiro atoms. The van der Waals surface area contributed by atoms with E-state index in [1.165, 1.54) is 5.56 Å². The molecule has 0 aliphatic heterocycles. The van der Waals surface area contributed by atoms with Crippen LogP contribution < -0.4 is 0 Å². The monoisotopic (exact) mass is 307 g/mol. The molecule has 0 bridgehead atoms. The highest BCUT2D eigenvalue weighted by Crippen LogP contribution is 2.20. The van der Waals surface area contributed by atoms with Crippen molar-refractivity contribution >= 4 is 33.5 Å². The lowest BCUT2D eigenvalue weighted by Gasteiger charge is -2.04. The van der Waals surface area contributed by atoms with E-state index in [1.807, 2.05) is 12.3 Å². The Morgan fingerprint density at radius 3 is 2.93 bits per heavy atom. The first-order valence-electron chi connectivity index (χ1n) is 4.85. The van der Waals surface area contributed by atoms with Crippen LogP contribution >= 0.6 is 22.6 Å².